The minimum absolute atomic E-state index is 0.130. The summed E-state index contributed by atoms with van der Waals surface area (Å²) in [5, 5.41) is 5.20. The van der Waals surface area contributed by atoms with E-state index >= 15 is 0 Å². The fraction of sp³-hybridized carbons (Fsp3) is 0.333. The highest BCUT2D eigenvalue weighted by molar-refractivity contribution is 7.14. The van der Waals surface area contributed by atoms with Gasteiger partial charge in [-0.15, -0.1) is 11.3 Å². The first-order valence-electron chi connectivity index (χ1n) is 4.14. The molecule has 4 nitrogen and oxygen atoms in total. The van der Waals surface area contributed by atoms with Gasteiger partial charge in [-0.3, -0.25) is 9.59 Å². The molecule has 1 heterocycles. The molecule has 0 radical (unpaired) electrons. The molecular formula is C9H12N2O2S. The van der Waals surface area contributed by atoms with Crippen LogP contribution in [0.4, 0.5) is 5.69 Å². The van der Waals surface area contributed by atoms with Gasteiger partial charge in [0.05, 0.1) is 10.6 Å². The van der Waals surface area contributed by atoms with E-state index in [2.05, 4.69) is 10.6 Å². The number of nitrogens with one attached hydrogen (secondary N) is 2. The second-order valence-electron chi connectivity index (χ2n) is 2.84. The molecule has 0 aromatic carbocycles. The topological polar surface area (TPSA) is 58.2 Å². The molecule has 0 fully saturated rings. The molecule has 0 saturated heterocycles. The van der Waals surface area contributed by atoms with Crippen LogP contribution in [0.2, 0.25) is 0 Å². The Hall–Kier alpha value is -1.36. The van der Waals surface area contributed by atoms with Crippen molar-refractivity contribution in [3.05, 3.63) is 15.8 Å². The van der Waals surface area contributed by atoms with Gasteiger partial charge in [0.1, 0.15) is 0 Å². The maximum Gasteiger partial charge on any atom is 0.261 e. The molecule has 14 heavy (non-hydrogen) atoms. The Balaban J connectivity index is 2.93. The molecule has 76 valence electrons. The van der Waals surface area contributed by atoms with Crippen LogP contribution in [0.1, 0.15) is 21.5 Å². The van der Waals surface area contributed by atoms with Crippen LogP contribution in [0.5, 0.6) is 0 Å². The van der Waals surface area contributed by atoms with E-state index in [-0.39, 0.29) is 11.8 Å². The first-order valence-corrected chi connectivity index (χ1v) is 4.96. The predicted molar refractivity (Wildman–Crippen MR) is 56.7 cm³/mol. The maximum atomic E-state index is 11.3. The average Bonchev–Trinajstić information content (AvgIpc) is 2.46. The van der Waals surface area contributed by atoms with E-state index in [0.717, 1.165) is 4.88 Å². The van der Waals surface area contributed by atoms with Gasteiger partial charge in [0.2, 0.25) is 5.91 Å². The molecule has 0 aliphatic heterocycles. The van der Waals surface area contributed by atoms with Crippen LogP contribution >= 0.6 is 11.3 Å². The zero-order valence-electron chi connectivity index (χ0n) is 8.30. The normalized spacial score (nSPS) is 9.64. The highest BCUT2D eigenvalue weighted by Gasteiger charge is 2.11. The van der Waals surface area contributed by atoms with E-state index in [1.165, 1.54) is 18.3 Å². The Morgan fingerprint density at radius 1 is 1.43 bits per heavy atom. The SMILES string of the molecule is CNC(=O)c1cc(NC(C)=O)c(C)s1. The van der Waals surface area contributed by atoms with Crippen molar-refractivity contribution < 1.29 is 9.59 Å². The molecule has 0 atom stereocenters. The van der Waals surface area contributed by atoms with Gasteiger partial charge in [-0.2, -0.15) is 0 Å². The van der Waals surface area contributed by atoms with E-state index in [1.807, 2.05) is 6.92 Å². The Morgan fingerprint density at radius 2 is 2.07 bits per heavy atom. The minimum atomic E-state index is -0.130. The van der Waals surface area contributed by atoms with Gasteiger partial charge < -0.3 is 10.6 Å². The fourth-order valence-corrected chi connectivity index (χ4v) is 1.95. The van der Waals surface area contributed by atoms with Crippen molar-refractivity contribution >= 4 is 28.8 Å². The molecule has 0 bridgehead atoms. The summed E-state index contributed by atoms with van der Waals surface area (Å²) in [4.78, 5) is 23.6. The van der Waals surface area contributed by atoms with Gasteiger partial charge in [-0.25, -0.2) is 0 Å². The van der Waals surface area contributed by atoms with Crippen LogP contribution < -0.4 is 10.6 Å². The lowest BCUT2D eigenvalue weighted by Gasteiger charge is -1.97. The number of anilines is 1. The standard InChI is InChI=1S/C9H12N2O2S/c1-5-7(11-6(2)12)4-8(14-5)9(13)10-3/h4H,1-3H3,(H,10,13)(H,11,12). The molecule has 0 spiro atoms. The van der Waals surface area contributed by atoms with Gasteiger partial charge in [-0.05, 0) is 13.0 Å². The van der Waals surface area contributed by atoms with E-state index in [4.69, 9.17) is 0 Å². The predicted octanol–water partition coefficient (Wildman–Crippen LogP) is 1.37. The molecule has 0 aliphatic rings. The number of aryl methyl sites for hydroxylation is 1. The van der Waals surface area contributed by atoms with Crippen LogP contribution in [0.3, 0.4) is 0 Å². The van der Waals surface area contributed by atoms with Crippen molar-refractivity contribution in [1.29, 1.82) is 0 Å². The number of carbonyl (C=O) groups is 2. The molecule has 0 aliphatic carbocycles. The van der Waals surface area contributed by atoms with Gasteiger partial charge >= 0.3 is 0 Å². The quantitative estimate of drug-likeness (QED) is 0.778. The molecule has 0 unspecified atom stereocenters. The van der Waals surface area contributed by atoms with Crippen molar-refractivity contribution in [3.8, 4) is 0 Å². The number of amides is 2. The molecular weight excluding hydrogens is 200 g/mol. The highest BCUT2D eigenvalue weighted by Crippen LogP contribution is 2.25. The third kappa shape index (κ3) is 2.32. The lowest BCUT2D eigenvalue weighted by Crippen LogP contribution is -2.16. The van der Waals surface area contributed by atoms with Gasteiger partial charge in [-0.1, -0.05) is 0 Å². The monoisotopic (exact) mass is 212 g/mol. The van der Waals surface area contributed by atoms with E-state index < -0.39 is 0 Å². The lowest BCUT2D eigenvalue weighted by atomic mass is 10.3. The number of thiophene rings is 1. The summed E-state index contributed by atoms with van der Waals surface area (Å²) in [5.74, 6) is -0.260. The maximum absolute atomic E-state index is 11.3. The van der Waals surface area contributed by atoms with Crippen LogP contribution in [-0.4, -0.2) is 18.9 Å². The second-order valence-corrected chi connectivity index (χ2v) is 4.10. The Kier molecular flexibility index (Phi) is 3.24. The fourth-order valence-electron chi connectivity index (χ4n) is 1.03. The minimum Gasteiger partial charge on any atom is -0.354 e. The second kappa shape index (κ2) is 4.23. The van der Waals surface area contributed by atoms with Crippen molar-refractivity contribution in [2.24, 2.45) is 0 Å². The molecule has 2 amide bonds. The summed E-state index contributed by atoms with van der Waals surface area (Å²) in [6.45, 7) is 3.30. The van der Waals surface area contributed by atoms with Crippen molar-refractivity contribution in [3.63, 3.8) is 0 Å². The molecule has 1 aromatic rings. The summed E-state index contributed by atoms with van der Waals surface area (Å²) in [5.41, 5.74) is 0.709. The number of rotatable bonds is 2. The van der Waals surface area contributed by atoms with E-state index in [0.29, 0.717) is 10.6 Å². The van der Waals surface area contributed by atoms with Crippen molar-refractivity contribution in [2.45, 2.75) is 13.8 Å². The molecule has 5 heteroatoms. The number of carbonyl (C=O) groups excluding carboxylic acids is 2. The van der Waals surface area contributed by atoms with Crippen LogP contribution in [0, 0.1) is 6.92 Å². The largest absolute Gasteiger partial charge is 0.354 e. The third-order valence-electron chi connectivity index (χ3n) is 1.68. The summed E-state index contributed by atoms with van der Waals surface area (Å²) < 4.78 is 0. The van der Waals surface area contributed by atoms with Crippen LogP contribution in [0.25, 0.3) is 0 Å². The van der Waals surface area contributed by atoms with Crippen LogP contribution in [0.15, 0.2) is 6.07 Å². The van der Waals surface area contributed by atoms with E-state index in [9.17, 15) is 9.59 Å². The van der Waals surface area contributed by atoms with Crippen molar-refractivity contribution in [1.82, 2.24) is 5.32 Å². The number of hydrogen-bond acceptors (Lipinski definition) is 3. The summed E-state index contributed by atoms with van der Waals surface area (Å²) in [6, 6.07) is 1.68. The molecule has 2 N–H and O–H groups in total. The van der Waals surface area contributed by atoms with Crippen molar-refractivity contribution in [2.75, 3.05) is 12.4 Å². The number of hydrogen-bond donors (Lipinski definition) is 2. The molecule has 1 rings (SSSR count). The summed E-state index contributed by atoms with van der Waals surface area (Å²) in [6.07, 6.45) is 0. The van der Waals surface area contributed by atoms with Crippen LogP contribution in [-0.2, 0) is 4.79 Å². The third-order valence-corrected chi connectivity index (χ3v) is 2.73. The first kappa shape index (κ1) is 10.7. The smallest absolute Gasteiger partial charge is 0.261 e. The van der Waals surface area contributed by atoms with Gasteiger partial charge in [0.15, 0.2) is 0 Å². The Morgan fingerprint density at radius 3 is 2.57 bits per heavy atom. The zero-order chi connectivity index (χ0) is 10.7. The van der Waals surface area contributed by atoms with Gasteiger partial charge in [0, 0.05) is 18.8 Å². The molecule has 1 aromatic heterocycles. The molecule has 0 saturated carbocycles. The Labute approximate surface area is 86.3 Å². The zero-order valence-corrected chi connectivity index (χ0v) is 9.12. The van der Waals surface area contributed by atoms with Gasteiger partial charge in [0.25, 0.3) is 5.91 Å². The Bertz CT molecular complexity index is 371. The summed E-state index contributed by atoms with van der Waals surface area (Å²) >= 11 is 1.36. The first-order chi connectivity index (χ1) is 6.54. The lowest BCUT2D eigenvalue weighted by molar-refractivity contribution is -0.114. The summed E-state index contributed by atoms with van der Waals surface area (Å²) in [7, 11) is 1.58. The highest BCUT2D eigenvalue weighted by atomic mass is 32.1. The van der Waals surface area contributed by atoms with E-state index in [1.54, 1.807) is 13.1 Å². The average molecular weight is 212 g/mol.